The first-order chi connectivity index (χ1) is 6.27. The Morgan fingerprint density at radius 3 is 3.00 bits per heavy atom. The smallest absolute Gasteiger partial charge is 0.261 e. The normalized spacial score (nSPS) is 12.5. The number of thiophene rings is 1. The Hall–Kier alpha value is -0.870. The van der Waals surface area contributed by atoms with Gasteiger partial charge in [-0.1, -0.05) is 13.0 Å². The van der Waals surface area contributed by atoms with Crippen molar-refractivity contribution in [2.45, 2.75) is 19.4 Å². The van der Waals surface area contributed by atoms with Crippen LogP contribution in [0.15, 0.2) is 17.5 Å². The quantitative estimate of drug-likeness (QED) is 0.766. The molecular formula is C9H13NO2S. The van der Waals surface area contributed by atoms with Crippen LogP contribution in [0.2, 0.25) is 0 Å². The minimum absolute atomic E-state index is 0.00633. The highest BCUT2D eigenvalue weighted by molar-refractivity contribution is 7.12. The fraction of sp³-hybridized carbons (Fsp3) is 0.444. The van der Waals surface area contributed by atoms with Crippen LogP contribution in [-0.4, -0.2) is 23.7 Å². The number of rotatable bonds is 4. The van der Waals surface area contributed by atoms with Gasteiger partial charge in [0.15, 0.2) is 0 Å². The van der Waals surface area contributed by atoms with Crippen molar-refractivity contribution in [3.8, 4) is 0 Å². The molecule has 2 N–H and O–H groups in total. The van der Waals surface area contributed by atoms with Gasteiger partial charge in [0.2, 0.25) is 0 Å². The highest BCUT2D eigenvalue weighted by Crippen LogP contribution is 2.08. The Morgan fingerprint density at radius 1 is 1.77 bits per heavy atom. The van der Waals surface area contributed by atoms with Crippen molar-refractivity contribution in [3.05, 3.63) is 22.4 Å². The van der Waals surface area contributed by atoms with E-state index in [0.29, 0.717) is 4.88 Å². The summed E-state index contributed by atoms with van der Waals surface area (Å²) >= 11 is 1.40. The van der Waals surface area contributed by atoms with E-state index in [9.17, 15) is 4.79 Å². The fourth-order valence-corrected chi connectivity index (χ4v) is 1.57. The lowest BCUT2D eigenvalue weighted by Crippen LogP contribution is -2.36. The van der Waals surface area contributed by atoms with Gasteiger partial charge in [0.05, 0.1) is 17.5 Å². The number of nitrogens with one attached hydrogen (secondary N) is 1. The molecule has 1 heterocycles. The van der Waals surface area contributed by atoms with Gasteiger partial charge >= 0.3 is 0 Å². The summed E-state index contributed by atoms with van der Waals surface area (Å²) in [5, 5.41) is 13.5. The lowest BCUT2D eigenvalue weighted by atomic mass is 10.2. The standard InChI is InChI=1S/C9H13NO2S/c1-2-7(6-11)10-9(12)8-4-3-5-13-8/h3-5,7,11H,2,6H2,1H3,(H,10,12)/t7-/m0/s1. The summed E-state index contributed by atoms with van der Waals surface area (Å²) < 4.78 is 0. The van der Waals surface area contributed by atoms with Crippen LogP contribution >= 0.6 is 11.3 Å². The maximum atomic E-state index is 11.4. The first kappa shape index (κ1) is 10.2. The molecule has 0 aromatic carbocycles. The summed E-state index contributed by atoms with van der Waals surface area (Å²) in [5.74, 6) is -0.101. The molecule has 13 heavy (non-hydrogen) atoms. The molecule has 0 aliphatic carbocycles. The Kier molecular flexibility index (Phi) is 3.92. The first-order valence-electron chi connectivity index (χ1n) is 4.23. The maximum absolute atomic E-state index is 11.4. The highest BCUT2D eigenvalue weighted by Gasteiger charge is 2.11. The summed E-state index contributed by atoms with van der Waals surface area (Å²) in [7, 11) is 0. The van der Waals surface area contributed by atoms with Gasteiger partial charge in [-0.15, -0.1) is 11.3 Å². The predicted molar refractivity (Wildman–Crippen MR) is 53.0 cm³/mol. The number of aliphatic hydroxyl groups is 1. The maximum Gasteiger partial charge on any atom is 0.261 e. The monoisotopic (exact) mass is 199 g/mol. The van der Waals surface area contributed by atoms with E-state index < -0.39 is 0 Å². The lowest BCUT2D eigenvalue weighted by Gasteiger charge is -2.12. The van der Waals surface area contributed by atoms with Crippen molar-refractivity contribution in [1.82, 2.24) is 5.32 Å². The van der Waals surface area contributed by atoms with E-state index in [-0.39, 0.29) is 18.6 Å². The molecule has 1 rings (SSSR count). The molecule has 1 atom stereocenters. The SMILES string of the molecule is CC[C@@H](CO)NC(=O)c1cccs1. The number of hydrogen-bond acceptors (Lipinski definition) is 3. The summed E-state index contributed by atoms with van der Waals surface area (Å²) in [4.78, 5) is 12.1. The van der Waals surface area contributed by atoms with Crippen LogP contribution < -0.4 is 5.32 Å². The third-order valence-corrected chi connectivity index (χ3v) is 2.66. The first-order valence-corrected chi connectivity index (χ1v) is 5.11. The number of hydrogen-bond donors (Lipinski definition) is 2. The van der Waals surface area contributed by atoms with E-state index in [4.69, 9.17) is 5.11 Å². The van der Waals surface area contributed by atoms with E-state index in [1.54, 1.807) is 6.07 Å². The molecule has 0 bridgehead atoms. The van der Waals surface area contributed by atoms with Crippen molar-refractivity contribution in [2.75, 3.05) is 6.61 Å². The summed E-state index contributed by atoms with van der Waals surface area (Å²) in [6.45, 7) is 1.92. The molecule has 0 radical (unpaired) electrons. The molecule has 0 unspecified atom stereocenters. The van der Waals surface area contributed by atoms with Gasteiger partial charge in [-0.3, -0.25) is 4.79 Å². The van der Waals surface area contributed by atoms with Gasteiger partial charge in [-0.2, -0.15) is 0 Å². The molecule has 0 aliphatic rings. The number of carbonyl (C=O) groups excluding carboxylic acids is 1. The molecule has 0 saturated heterocycles. The summed E-state index contributed by atoms with van der Waals surface area (Å²) in [6, 6.07) is 3.47. The zero-order chi connectivity index (χ0) is 9.68. The third kappa shape index (κ3) is 2.82. The molecule has 0 fully saturated rings. The van der Waals surface area contributed by atoms with Crippen LogP contribution in [0.3, 0.4) is 0 Å². The van der Waals surface area contributed by atoms with Crippen LogP contribution in [0.5, 0.6) is 0 Å². The zero-order valence-electron chi connectivity index (χ0n) is 7.49. The van der Waals surface area contributed by atoms with E-state index in [1.807, 2.05) is 18.4 Å². The average molecular weight is 199 g/mol. The van der Waals surface area contributed by atoms with Crippen LogP contribution in [0, 0.1) is 0 Å². The fourth-order valence-electron chi connectivity index (χ4n) is 0.941. The molecular weight excluding hydrogens is 186 g/mol. The predicted octanol–water partition coefficient (Wildman–Crippen LogP) is 1.25. The number of aliphatic hydroxyl groups excluding tert-OH is 1. The second kappa shape index (κ2) is 4.99. The largest absolute Gasteiger partial charge is 0.394 e. The minimum atomic E-state index is -0.130. The molecule has 1 aromatic heterocycles. The molecule has 1 aromatic rings. The van der Waals surface area contributed by atoms with Crippen LogP contribution in [-0.2, 0) is 0 Å². The van der Waals surface area contributed by atoms with Crippen molar-refractivity contribution in [3.63, 3.8) is 0 Å². The molecule has 0 saturated carbocycles. The molecule has 4 heteroatoms. The second-order valence-corrected chi connectivity index (χ2v) is 3.69. The lowest BCUT2D eigenvalue weighted by molar-refractivity contribution is 0.0919. The van der Waals surface area contributed by atoms with Gasteiger partial charge in [0, 0.05) is 0 Å². The summed E-state index contributed by atoms with van der Waals surface area (Å²) in [5.41, 5.74) is 0. The molecule has 1 amide bonds. The zero-order valence-corrected chi connectivity index (χ0v) is 8.30. The van der Waals surface area contributed by atoms with Crippen LogP contribution in [0.4, 0.5) is 0 Å². The van der Waals surface area contributed by atoms with Crippen molar-refractivity contribution >= 4 is 17.2 Å². The topological polar surface area (TPSA) is 49.3 Å². The molecule has 0 aliphatic heterocycles. The number of carbonyl (C=O) groups is 1. The van der Waals surface area contributed by atoms with E-state index in [1.165, 1.54) is 11.3 Å². The van der Waals surface area contributed by atoms with Gasteiger partial charge in [-0.05, 0) is 17.9 Å². The molecule has 72 valence electrons. The van der Waals surface area contributed by atoms with Crippen LogP contribution in [0.25, 0.3) is 0 Å². The Bertz CT molecular complexity index is 255. The third-order valence-electron chi connectivity index (χ3n) is 1.79. The van der Waals surface area contributed by atoms with Crippen LogP contribution in [0.1, 0.15) is 23.0 Å². The van der Waals surface area contributed by atoms with E-state index in [0.717, 1.165) is 6.42 Å². The molecule has 0 spiro atoms. The number of amides is 1. The average Bonchev–Trinajstić information content (AvgIpc) is 2.66. The van der Waals surface area contributed by atoms with Gasteiger partial charge in [-0.25, -0.2) is 0 Å². The van der Waals surface area contributed by atoms with Crippen molar-refractivity contribution in [1.29, 1.82) is 0 Å². The van der Waals surface area contributed by atoms with Gasteiger partial charge < -0.3 is 10.4 Å². The van der Waals surface area contributed by atoms with Crippen molar-refractivity contribution in [2.24, 2.45) is 0 Å². The molecule has 3 nitrogen and oxygen atoms in total. The Morgan fingerprint density at radius 2 is 2.54 bits per heavy atom. The highest BCUT2D eigenvalue weighted by atomic mass is 32.1. The van der Waals surface area contributed by atoms with E-state index in [2.05, 4.69) is 5.32 Å². The van der Waals surface area contributed by atoms with Gasteiger partial charge in [0.1, 0.15) is 0 Å². The second-order valence-electron chi connectivity index (χ2n) is 2.74. The van der Waals surface area contributed by atoms with E-state index >= 15 is 0 Å². The summed E-state index contributed by atoms with van der Waals surface area (Å²) in [6.07, 6.45) is 0.744. The Labute approximate surface area is 81.4 Å². The van der Waals surface area contributed by atoms with Crippen molar-refractivity contribution < 1.29 is 9.90 Å². The Balaban J connectivity index is 2.50. The van der Waals surface area contributed by atoms with Gasteiger partial charge in [0.25, 0.3) is 5.91 Å². The minimum Gasteiger partial charge on any atom is -0.394 e.